The molecule has 0 aliphatic carbocycles. The van der Waals surface area contributed by atoms with Gasteiger partial charge in [-0.3, -0.25) is 14.5 Å². The highest BCUT2D eigenvalue weighted by atomic mass is 16.3. The van der Waals surface area contributed by atoms with Crippen molar-refractivity contribution in [1.29, 1.82) is 0 Å². The minimum Gasteiger partial charge on any atom is -0.396 e. The van der Waals surface area contributed by atoms with Crippen LogP contribution in [0.3, 0.4) is 0 Å². The van der Waals surface area contributed by atoms with E-state index in [9.17, 15) is 14.4 Å². The number of carbonyl (C=O) groups excluding carboxylic acids is 3. The Morgan fingerprint density at radius 3 is 2.56 bits per heavy atom. The van der Waals surface area contributed by atoms with Gasteiger partial charge in [-0.15, -0.1) is 0 Å². The summed E-state index contributed by atoms with van der Waals surface area (Å²) in [5.74, 6) is -0.628. The van der Waals surface area contributed by atoms with Gasteiger partial charge in [0.25, 0.3) is 5.91 Å². The lowest BCUT2D eigenvalue weighted by molar-refractivity contribution is -0.136. The third-order valence-corrected chi connectivity index (χ3v) is 2.84. The van der Waals surface area contributed by atoms with Gasteiger partial charge < -0.3 is 14.9 Å². The smallest absolute Gasteiger partial charge is 0.327 e. The number of carbonyl (C=O) groups is 3. The Bertz CT molecular complexity index is 345. The molecule has 0 aromatic heterocycles. The lowest BCUT2D eigenvalue weighted by atomic mass is 10.3. The number of nitrogens with zero attached hydrogens (tertiary/aromatic N) is 3. The summed E-state index contributed by atoms with van der Waals surface area (Å²) in [6.07, 6.45) is 0.487. The lowest BCUT2D eigenvalue weighted by Crippen LogP contribution is -2.43. The third-order valence-electron chi connectivity index (χ3n) is 2.84. The first-order valence-electron chi connectivity index (χ1n) is 5.95. The van der Waals surface area contributed by atoms with Crippen molar-refractivity contribution in [3.05, 3.63) is 0 Å². The van der Waals surface area contributed by atoms with E-state index in [2.05, 4.69) is 0 Å². The number of likely N-dealkylation sites (N-methyl/N-ethyl adjacent to an activating group) is 2. The fourth-order valence-corrected chi connectivity index (χ4v) is 1.78. The van der Waals surface area contributed by atoms with E-state index < -0.39 is 6.03 Å². The molecule has 0 aromatic rings. The van der Waals surface area contributed by atoms with Crippen LogP contribution in [-0.2, 0) is 9.59 Å². The van der Waals surface area contributed by atoms with Crippen molar-refractivity contribution >= 4 is 17.8 Å². The Morgan fingerprint density at radius 1 is 1.44 bits per heavy atom. The summed E-state index contributed by atoms with van der Waals surface area (Å²) in [6.45, 7) is 2.54. The highest BCUT2D eigenvalue weighted by Crippen LogP contribution is 2.08. The number of hydrogen-bond donors (Lipinski definition) is 1. The van der Waals surface area contributed by atoms with Crippen molar-refractivity contribution in [2.45, 2.75) is 13.3 Å². The first-order valence-corrected chi connectivity index (χ1v) is 5.95. The van der Waals surface area contributed by atoms with Gasteiger partial charge in [-0.1, -0.05) is 0 Å². The SMILES string of the molecule is CCN(CCCO)C(=O)CN1C(=O)CN(C)C1=O. The molecule has 0 atom stereocenters. The van der Waals surface area contributed by atoms with E-state index in [0.29, 0.717) is 19.5 Å². The summed E-state index contributed by atoms with van der Waals surface area (Å²) in [4.78, 5) is 38.8. The van der Waals surface area contributed by atoms with E-state index in [1.165, 1.54) is 16.8 Å². The molecule has 0 saturated carbocycles. The fourth-order valence-electron chi connectivity index (χ4n) is 1.78. The minimum absolute atomic E-state index is 0.00803. The predicted octanol–water partition coefficient (Wildman–Crippen LogP) is -0.889. The van der Waals surface area contributed by atoms with Crippen molar-refractivity contribution in [3.63, 3.8) is 0 Å². The zero-order chi connectivity index (χ0) is 13.7. The second-order valence-corrected chi connectivity index (χ2v) is 4.17. The monoisotopic (exact) mass is 257 g/mol. The highest BCUT2D eigenvalue weighted by molar-refractivity contribution is 6.04. The quantitative estimate of drug-likeness (QED) is 0.626. The van der Waals surface area contributed by atoms with Crippen molar-refractivity contribution in [3.8, 4) is 0 Å². The molecule has 0 aromatic carbocycles. The number of amides is 4. The Kier molecular flexibility index (Phi) is 5.08. The molecule has 18 heavy (non-hydrogen) atoms. The molecule has 7 nitrogen and oxygen atoms in total. The van der Waals surface area contributed by atoms with E-state index in [1.54, 1.807) is 0 Å². The van der Waals surface area contributed by atoms with Gasteiger partial charge in [-0.2, -0.15) is 0 Å². The van der Waals surface area contributed by atoms with Gasteiger partial charge in [0.2, 0.25) is 5.91 Å². The van der Waals surface area contributed by atoms with E-state index in [4.69, 9.17) is 5.11 Å². The van der Waals surface area contributed by atoms with E-state index >= 15 is 0 Å². The van der Waals surface area contributed by atoms with E-state index in [1.807, 2.05) is 6.92 Å². The first kappa shape index (κ1) is 14.4. The van der Waals surface area contributed by atoms with Crippen LogP contribution in [0.5, 0.6) is 0 Å². The van der Waals surface area contributed by atoms with Crippen LogP contribution >= 0.6 is 0 Å². The second kappa shape index (κ2) is 6.34. The molecule has 0 spiro atoms. The van der Waals surface area contributed by atoms with Gasteiger partial charge in [0.05, 0.1) is 0 Å². The predicted molar refractivity (Wildman–Crippen MR) is 63.7 cm³/mol. The summed E-state index contributed by atoms with van der Waals surface area (Å²) in [5, 5.41) is 8.73. The molecule has 0 radical (unpaired) electrons. The van der Waals surface area contributed by atoms with Crippen molar-refractivity contribution in [1.82, 2.24) is 14.7 Å². The molecule has 1 N–H and O–H groups in total. The summed E-state index contributed by atoms with van der Waals surface area (Å²) in [6, 6.07) is -0.438. The van der Waals surface area contributed by atoms with Crippen LogP contribution in [0.1, 0.15) is 13.3 Å². The van der Waals surface area contributed by atoms with Gasteiger partial charge in [-0.05, 0) is 13.3 Å². The van der Waals surface area contributed by atoms with Crippen molar-refractivity contribution in [2.24, 2.45) is 0 Å². The maximum Gasteiger partial charge on any atom is 0.327 e. The summed E-state index contributed by atoms with van der Waals surface area (Å²) in [7, 11) is 1.52. The Balaban J connectivity index is 2.57. The maximum atomic E-state index is 11.9. The Hall–Kier alpha value is -1.63. The van der Waals surface area contributed by atoms with Gasteiger partial charge in [0, 0.05) is 26.7 Å². The maximum absolute atomic E-state index is 11.9. The molecule has 1 aliphatic heterocycles. The van der Waals surface area contributed by atoms with Gasteiger partial charge in [-0.25, -0.2) is 4.79 Å². The topological polar surface area (TPSA) is 81.2 Å². The van der Waals surface area contributed by atoms with Crippen LogP contribution in [-0.4, -0.2) is 77.5 Å². The third kappa shape index (κ3) is 3.19. The molecular weight excluding hydrogens is 238 g/mol. The second-order valence-electron chi connectivity index (χ2n) is 4.17. The normalized spacial score (nSPS) is 15.5. The number of aliphatic hydroxyl groups excluding tert-OH is 1. The first-order chi connectivity index (χ1) is 8.51. The molecule has 7 heteroatoms. The molecule has 1 rings (SSSR count). The van der Waals surface area contributed by atoms with Gasteiger partial charge in [0.15, 0.2) is 0 Å². The summed E-state index contributed by atoms with van der Waals surface area (Å²) in [5.41, 5.74) is 0. The largest absolute Gasteiger partial charge is 0.396 e. The molecular formula is C11H19N3O4. The van der Waals surface area contributed by atoms with Crippen LogP contribution in [0.25, 0.3) is 0 Å². The average molecular weight is 257 g/mol. The zero-order valence-electron chi connectivity index (χ0n) is 10.8. The van der Waals surface area contributed by atoms with E-state index in [0.717, 1.165) is 4.90 Å². The molecule has 1 saturated heterocycles. The van der Waals surface area contributed by atoms with Crippen molar-refractivity contribution in [2.75, 3.05) is 39.8 Å². The number of imide groups is 1. The number of rotatable bonds is 6. The van der Waals surface area contributed by atoms with Crippen molar-refractivity contribution < 1.29 is 19.5 Å². The standard InChI is InChI=1S/C11H19N3O4/c1-3-13(5-4-6-15)9(16)8-14-10(17)7-12(2)11(14)18/h15H,3-8H2,1-2H3. The number of hydrogen-bond acceptors (Lipinski definition) is 4. The van der Waals surface area contributed by atoms with Crippen LogP contribution in [0, 0.1) is 0 Å². The van der Waals surface area contributed by atoms with Crippen LogP contribution in [0.2, 0.25) is 0 Å². The Labute approximate surface area is 106 Å². The minimum atomic E-state index is -0.438. The van der Waals surface area contributed by atoms with E-state index in [-0.39, 0.29) is 31.5 Å². The van der Waals surface area contributed by atoms with Crippen LogP contribution < -0.4 is 0 Å². The molecule has 0 bridgehead atoms. The van der Waals surface area contributed by atoms with Crippen LogP contribution in [0.15, 0.2) is 0 Å². The molecule has 1 aliphatic rings. The molecule has 1 heterocycles. The Morgan fingerprint density at radius 2 is 2.11 bits per heavy atom. The summed E-state index contributed by atoms with van der Waals surface area (Å²) >= 11 is 0. The fraction of sp³-hybridized carbons (Fsp3) is 0.727. The number of aliphatic hydroxyl groups is 1. The average Bonchev–Trinajstić information content (AvgIpc) is 2.57. The molecule has 1 fully saturated rings. The van der Waals surface area contributed by atoms with Gasteiger partial charge >= 0.3 is 6.03 Å². The van der Waals surface area contributed by atoms with Gasteiger partial charge in [0.1, 0.15) is 13.1 Å². The molecule has 0 unspecified atom stereocenters. The molecule has 4 amide bonds. The van der Waals surface area contributed by atoms with Crippen LogP contribution in [0.4, 0.5) is 4.79 Å². The zero-order valence-corrected chi connectivity index (χ0v) is 10.8. The highest BCUT2D eigenvalue weighted by Gasteiger charge is 2.35. The summed E-state index contributed by atoms with van der Waals surface area (Å²) < 4.78 is 0. The lowest BCUT2D eigenvalue weighted by Gasteiger charge is -2.23. The number of urea groups is 1. The molecule has 102 valence electrons.